The van der Waals surface area contributed by atoms with E-state index in [1.165, 1.54) is 24.3 Å². The van der Waals surface area contributed by atoms with Crippen molar-refractivity contribution < 1.29 is 27.4 Å². The van der Waals surface area contributed by atoms with Crippen LogP contribution in [-0.2, 0) is 6.18 Å². The number of aromatic nitrogens is 1. The molecule has 2 aromatic rings. The highest BCUT2D eigenvalue weighted by Gasteiger charge is 2.31. The normalized spacial score (nSPS) is 11.1. The molecular weight excluding hydrogens is 325 g/mol. The van der Waals surface area contributed by atoms with Crippen molar-refractivity contribution >= 4 is 22.7 Å². The van der Waals surface area contributed by atoms with Crippen LogP contribution in [0.4, 0.5) is 23.7 Å². The molecule has 116 valence electrons. The van der Waals surface area contributed by atoms with Gasteiger partial charge in [-0.15, -0.1) is 0 Å². The first-order chi connectivity index (χ1) is 10.3. The molecule has 0 saturated carbocycles. The number of ether oxygens (including phenoxy) is 2. The van der Waals surface area contributed by atoms with Gasteiger partial charge in [-0.05, 0) is 30.3 Å². The highest BCUT2D eigenvalue weighted by Crippen LogP contribution is 2.33. The van der Waals surface area contributed by atoms with Crippen molar-refractivity contribution in [2.45, 2.75) is 6.18 Å². The van der Waals surface area contributed by atoms with Crippen LogP contribution in [-0.4, -0.2) is 10.4 Å². The smallest absolute Gasteiger partial charge is 0.417 e. The lowest BCUT2D eigenvalue weighted by atomic mass is 10.2. The van der Waals surface area contributed by atoms with E-state index in [9.17, 15) is 18.0 Å². The Morgan fingerprint density at radius 3 is 2.27 bits per heavy atom. The van der Waals surface area contributed by atoms with Crippen LogP contribution in [0.25, 0.3) is 0 Å². The predicted octanol–water partition coefficient (Wildman–Crippen LogP) is 4.21. The van der Waals surface area contributed by atoms with Gasteiger partial charge in [0.15, 0.2) is 0 Å². The summed E-state index contributed by atoms with van der Waals surface area (Å²) in [7, 11) is 0. The summed E-state index contributed by atoms with van der Waals surface area (Å²) in [4.78, 5) is 14.1. The summed E-state index contributed by atoms with van der Waals surface area (Å²) < 4.78 is 47.3. The van der Waals surface area contributed by atoms with Gasteiger partial charge in [-0.25, -0.2) is 9.78 Å². The Hall–Kier alpha value is -2.48. The maximum absolute atomic E-state index is 12.5. The topological polar surface area (TPSA) is 74.4 Å². The van der Waals surface area contributed by atoms with E-state index in [-0.39, 0.29) is 23.1 Å². The third-order valence-electron chi connectivity index (χ3n) is 2.44. The highest BCUT2D eigenvalue weighted by molar-refractivity contribution is 6.61. The van der Waals surface area contributed by atoms with Crippen molar-refractivity contribution in [3.63, 3.8) is 0 Å². The Kier molecular flexibility index (Phi) is 4.41. The summed E-state index contributed by atoms with van der Waals surface area (Å²) >= 11 is 5.04. The Bertz CT molecular complexity index is 690. The number of nitrogens with zero attached hydrogens (tertiary/aromatic N) is 1. The molecule has 2 rings (SSSR count). The molecule has 0 unspecified atom stereocenters. The number of anilines is 1. The molecule has 5 nitrogen and oxygen atoms in total. The number of alkyl halides is 3. The van der Waals surface area contributed by atoms with Crippen LogP contribution >= 0.6 is 11.6 Å². The van der Waals surface area contributed by atoms with Crippen molar-refractivity contribution in [3.05, 3.63) is 42.1 Å². The van der Waals surface area contributed by atoms with Crippen LogP contribution in [0.2, 0.25) is 0 Å². The maximum Gasteiger partial charge on any atom is 0.417 e. The lowest BCUT2D eigenvalue weighted by Crippen LogP contribution is -2.07. The zero-order valence-corrected chi connectivity index (χ0v) is 11.5. The summed E-state index contributed by atoms with van der Waals surface area (Å²) in [6.07, 6.45) is -3.91. The van der Waals surface area contributed by atoms with Gasteiger partial charge in [-0.1, -0.05) is 0 Å². The van der Waals surface area contributed by atoms with E-state index in [0.29, 0.717) is 6.20 Å². The number of rotatable bonds is 3. The summed E-state index contributed by atoms with van der Waals surface area (Å²) in [6.45, 7) is 0. The van der Waals surface area contributed by atoms with Gasteiger partial charge >= 0.3 is 11.6 Å². The van der Waals surface area contributed by atoms with Crippen LogP contribution in [0.1, 0.15) is 5.56 Å². The molecule has 0 spiro atoms. The standard InChI is InChI=1S/C13H8ClF3N2O3/c14-12(20)22-9-3-1-8(2-4-9)21-11-10(18)5-7(6-19-11)13(15,16)17/h1-6H,18H2. The molecule has 0 fully saturated rings. The lowest BCUT2D eigenvalue weighted by Gasteiger charge is -2.11. The third kappa shape index (κ3) is 4.01. The van der Waals surface area contributed by atoms with Gasteiger partial charge in [0.25, 0.3) is 0 Å². The average Bonchev–Trinajstić information content (AvgIpc) is 2.41. The molecular formula is C13H8ClF3N2O3. The molecule has 22 heavy (non-hydrogen) atoms. The Balaban J connectivity index is 2.15. The van der Waals surface area contributed by atoms with Crippen LogP contribution in [0.5, 0.6) is 17.4 Å². The summed E-state index contributed by atoms with van der Waals surface area (Å²) in [5.41, 5.74) is 3.26. The van der Waals surface area contributed by atoms with E-state index >= 15 is 0 Å². The van der Waals surface area contributed by atoms with Crippen LogP contribution in [0.3, 0.4) is 0 Å². The minimum absolute atomic E-state index is 0.171. The fourth-order valence-corrected chi connectivity index (χ4v) is 1.58. The minimum Gasteiger partial charge on any atom is -0.437 e. The monoisotopic (exact) mass is 332 g/mol. The van der Waals surface area contributed by atoms with E-state index in [1.807, 2.05) is 0 Å². The van der Waals surface area contributed by atoms with Crippen LogP contribution in [0.15, 0.2) is 36.5 Å². The van der Waals surface area contributed by atoms with Gasteiger partial charge < -0.3 is 15.2 Å². The average molecular weight is 333 g/mol. The fourth-order valence-electron chi connectivity index (χ4n) is 1.49. The quantitative estimate of drug-likeness (QED) is 0.852. The number of nitrogens with two attached hydrogens (primary N) is 1. The summed E-state index contributed by atoms with van der Waals surface area (Å²) in [5, 5.41) is 0. The first-order valence-corrected chi connectivity index (χ1v) is 6.11. The number of hydrogen-bond acceptors (Lipinski definition) is 5. The van der Waals surface area contributed by atoms with Gasteiger partial charge in [0.2, 0.25) is 5.88 Å². The minimum atomic E-state index is -4.53. The van der Waals surface area contributed by atoms with Crippen molar-refractivity contribution in [1.29, 1.82) is 0 Å². The number of carbonyl (C=O) groups excluding carboxylic acids is 1. The van der Waals surface area contributed by atoms with Crippen molar-refractivity contribution in [2.24, 2.45) is 0 Å². The van der Waals surface area contributed by atoms with Gasteiger partial charge in [0.1, 0.15) is 11.5 Å². The van der Waals surface area contributed by atoms with E-state index < -0.39 is 17.2 Å². The first kappa shape index (κ1) is 15.9. The van der Waals surface area contributed by atoms with Crippen LogP contribution < -0.4 is 15.2 Å². The van der Waals surface area contributed by atoms with Crippen molar-refractivity contribution in [2.75, 3.05) is 5.73 Å². The molecule has 1 heterocycles. The number of hydrogen-bond donors (Lipinski definition) is 1. The number of carbonyl (C=O) groups is 1. The van der Waals surface area contributed by atoms with Gasteiger partial charge in [0.05, 0.1) is 11.3 Å². The number of benzene rings is 1. The van der Waals surface area contributed by atoms with Crippen molar-refractivity contribution in [1.82, 2.24) is 4.98 Å². The summed E-state index contributed by atoms with van der Waals surface area (Å²) in [6, 6.07) is 6.32. The zero-order valence-electron chi connectivity index (χ0n) is 10.7. The van der Waals surface area contributed by atoms with Gasteiger partial charge in [-0.3, -0.25) is 0 Å². The van der Waals surface area contributed by atoms with Gasteiger partial charge in [-0.2, -0.15) is 13.2 Å². The van der Waals surface area contributed by atoms with E-state index in [1.54, 1.807) is 0 Å². The highest BCUT2D eigenvalue weighted by atomic mass is 35.5. The molecule has 0 aliphatic rings. The third-order valence-corrected chi connectivity index (χ3v) is 2.52. The molecule has 0 aliphatic carbocycles. The van der Waals surface area contributed by atoms with E-state index in [0.717, 1.165) is 6.07 Å². The molecule has 0 radical (unpaired) electrons. The lowest BCUT2D eigenvalue weighted by molar-refractivity contribution is -0.137. The first-order valence-electron chi connectivity index (χ1n) is 5.73. The second-order valence-corrected chi connectivity index (χ2v) is 4.34. The largest absolute Gasteiger partial charge is 0.437 e. The molecule has 9 heteroatoms. The number of halogens is 4. The maximum atomic E-state index is 12.5. The molecule has 1 aromatic carbocycles. The SMILES string of the molecule is Nc1cc(C(F)(F)F)cnc1Oc1ccc(OC(=O)Cl)cc1. The second kappa shape index (κ2) is 6.10. The Morgan fingerprint density at radius 1 is 1.18 bits per heavy atom. The summed E-state index contributed by atoms with van der Waals surface area (Å²) in [5.74, 6) is 0.254. The molecule has 0 atom stereocenters. The Labute approximate surface area is 127 Å². The molecule has 0 amide bonds. The van der Waals surface area contributed by atoms with E-state index in [4.69, 9.17) is 22.1 Å². The fraction of sp³-hybridized carbons (Fsp3) is 0.0769. The van der Waals surface area contributed by atoms with Crippen LogP contribution in [0, 0.1) is 0 Å². The molecule has 2 N–H and O–H groups in total. The van der Waals surface area contributed by atoms with E-state index in [2.05, 4.69) is 9.72 Å². The molecule has 0 aliphatic heterocycles. The Morgan fingerprint density at radius 2 is 1.77 bits per heavy atom. The zero-order chi connectivity index (χ0) is 16.3. The van der Waals surface area contributed by atoms with Gasteiger partial charge in [0, 0.05) is 17.8 Å². The number of pyridine rings is 1. The number of nitrogen functional groups attached to an aromatic ring is 1. The molecule has 0 saturated heterocycles. The predicted molar refractivity (Wildman–Crippen MR) is 72.0 cm³/mol. The molecule has 1 aromatic heterocycles. The van der Waals surface area contributed by atoms with Crippen molar-refractivity contribution in [3.8, 4) is 17.4 Å². The second-order valence-electron chi connectivity index (χ2n) is 4.03. The molecule has 0 bridgehead atoms.